The Hall–Kier alpha value is -1.44. The highest BCUT2D eigenvalue weighted by atomic mass is 32.2. The Morgan fingerprint density at radius 3 is 3.08 bits per heavy atom. The molecule has 2 fully saturated rings. The quantitative estimate of drug-likeness (QED) is 0.619. The SMILES string of the molecule is O=C(Nc1nnc(SCc2ccccc2)s1)[C@@]12CCCC[C@H]1CNC2. The van der Waals surface area contributed by atoms with Crippen molar-refractivity contribution in [3.63, 3.8) is 0 Å². The number of fused-ring (bicyclic) bond motifs is 1. The summed E-state index contributed by atoms with van der Waals surface area (Å²) in [6, 6.07) is 10.3. The minimum absolute atomic E-state index is 0.123. The molecule has 2 N–H and O–H groups in total. The summed E-state index contributed by atoms with van der Waals surface area (Å²) in [5.74, 6) is 1.44. The van der Waals surface area contributed by atoms with Gasteiger partial charge >= 0.3 is 0 Å². The smallest absolute Gasteiger partial charge is 0.234 e. The van der Waals surface area contributed by atoms with Gasteiger partial charge in [-0.25, -0.2) is 0 Å². The van der Waals surface area contributed by atoms with Gasteiger partial charge < -0.3 is 5.32 Å². The largest absolute Gasteiger partial charge is 0.315 e. The Kier molecular flexibility index (Phi) is 5.05. The number of nitrogens with zero attached hydrogens (tertiary/aromatic N) is 2. The normalized spacial score (nSPS) is 25.5. The third kappa shape index (κ3) is 3.59. The van der Waals surface area contributed by atoms with Gasteiger partial charge in [-0.1, -0.05) is 66.3 Å². The molecule has 2 atom stereocenters. The van der Waals surface area contributed by atoms with E-state index in [1.807, 2.05) is 18.2 Å². The number of benzene rings is 1. The third-order valence-electron chi connectivity index (χ3n) is 5.32. The Balaban J connectivity index is 1.38. The zero-order valence-corrected chi connectivity index (χ0v) is 15.7. The molecule has 0 radical (unpaired) electrons. The van der Waals surface area contributed by atoms with Crippen LogP contribution in [0.1, 0.15) is 31.2 Å². The molecule has 132 valence electrons. The molecule has 0 bridgehead atoms. The molecule has 1 aliphatic heterocycles. The predicted octanol–water partition coefficient (Wildman–Crippen LogP) is 3.55. The van der Waals surface area contributed by atoms with Crippen LogP contribution in [-0.4, -0.2) is 29.2 Å². The van der Waals surface area contributed by atoms with Crippen LogP contribution in [0.4, 0.5) is 5.13 Å². The van der Waals surface area contributed by atoms with Gasteiger partial charge in [0.05, 0.1) is 5.41 Å². The van der Waals surface area contributed by atoms with Gasteiger partial charge in [0.15, 0.2) is 4.34 Å². The molecule has 5 nitrogen and oxygen atoms in total. The highest BCUT2D eigenvalue weighted by Gasteiger charge is 2.50. The summed E-state index contributed by atoms with van der Waals surface area (Å²) in [5.41, 5.74) is 1.01. The summed E-state index contributed by atoms with van der Waals surface area (Å²) in [6.45, 7) is 1.75. The summed E-state index contributed by atoms with van der Waals surface area (Å²) in [4.78, 5) is 12.9. The molecule has 1 saturated heterocycles. The van der Waals surface area contributed by atoms with E-state index in [-0.39, 0.29) is 11.3 Å². The number of amides is 1. The number of carbonyl (C=O) groups excluding carboxylic acids is 1. The van der Waals surface area contributed by atoms with E-state index in [2.05, 4.69) is 33.0 Å². The van der Waals surface area contributed by atoms with Crippen LogP contribution in [0.25, 0.3) is 0 Å². The maximum absolute atomic E-state index is 12.9. The highest BCUT2D eigenvalue weighted by Crippen LogP contribution is 2.44. The first-order valence-electron chi connectivity index (χ1n) is 8.79. The molecule has 25 heavy (non-hydrogen) atoms. The standard InChI is InChI=1S/C18H22N4OS2/c23-15(18-9-5-4-8-14(18)10-19-12-18)20-16-21-22-17(25-16)24-11-13-6-2-1-3-7-13/h1-3,6-7,14,19H,4-5,8-12H2,(H,20,21,23)/t14-,18+/m0/s1. The second-order valence-corrected chi connectivity index (χ2v) is 9.03. The van der Waals surface area contributed by atoms with Crippen molar-refractivity contribution < 1.29 is 4.79 Å². The molecule has 1 amide bonds. The van der Waals surface area contributed by atoms with E-state index < -0.39 is 0 Å². The van der Waals surface area contributed by atoms with Crippen molar-refractivity contribution in [3.8, 4) is 0 Å². The Morgan fingerprint density at radius 1 is 1.32 bits per heavy atom. The molecule has 1 saturated carbocycles. The van der Waals surface area contributed by atoms with Gasteiger partial charge in [-0.15, -0.1) is 10.2 Å². The maximum atomic E-state index is 12.9. The molecule has 1 aromatic carbocycles. The summed E-state index contributed by atoms with van der Waals surface area (Å²) < 4.78 is 0.890. The molecule has 4 rings (SSSR count). The number of hydrogen-bond donors (Lipinski definition) is 2. The number of rotatable bonds is 5. The molecule has 1 aliphatic carbocycles. The monoisotopic (exact) mass is 374 g/mol. The van der Waals surface area contributed by atoms with Crippen molar-refractivity contribution >= 4 is 34.1 Å². The van der Waals surface area contributed by atoms with Crippen LogP contribution in [0.3, 0.4) is 0 Å². The first-order valence-corrected chi connectivity index (χ1v) is 10.6. The van der Waals surface area contributed by atoms with E-state index in [4.69, 9.17) is 0 Å². The van der Waals surface area contributed by atoms with Crippen LogP contribution in [0.5, 0.6) is 0 Å². The van der Waals surface area contributed by atoms with E-state index in [1.54, 1.807) is 11.8 Å². The first-order chi connectivity index (χ1) is 12.3. The highest BCUT2D eigenvalue weighted by molar-refractivity contribution is 8.00. The Labute approximate surface area is 156 Å². The molecule has 0 unspecified atom stereocenters. The summed E-state index contributed by atoms with van der Waals surface area (Å²) >= 11 is 3.12. The fraction of sp³-hybridized carbons (Fsp3) is 0.500. The fourth-order valence-electron chi connectivity index (χ4n) is 3.95. The van der Waals surface area contributed by atoms with Crippen LogP contribution in [-0.2, 0) is 10.5 Å². The molecular weight excluding hydrogens is 352 g/mol. The molecule has 7 heteroatoms. The van der Waals surface area contributed by atoms with Crippen LogP contribution in [0.2, 0.25) is 0 Å². The minimum atomic E-state index is -0.249. The van der Waals surface area contributed by atoms with Crippen molar-refractivity contribution in [2.45, 2.75) is 35.8 Å². The lowest BCUT2D eigenvalue weighted by Gasteiger charge is -2.36. The lowest BCUT2D eigenvalue weighted by molar-refractivity contribution is -0.128. The van der Waals surface area contributed by atoms with Gasteiger partial charge in [0, 0.05) is 12.3 Å². The van der Waals surface area contributed by atoms with Gasteiger partial charge in [0.25, 0.3) is 0 Å². The van der Waals surface area contributed by atoms with Crippen LogP contribution in [0, 0.1) is 11.3 Å². The molecule has 2 heterocycles. The van der Waals surface area contributed by atoms with Crippen molar-refractivity contribution in [1.82, 2.24) is 15.5 Å². The van der Waals surface area contributed by atoms with Gasteiger partial charge in [-0.2, -0.15) is 0 Å². The van der Waals surface area contributed by atoms with Gasteiger partial charge in [-0.05, 0) is 30.9 Å². The lowest BCUT2D eigenvalue weighted by Crippen LogP contribution is -2.44. The second-order valence-electron chi connectivity index (χ2n) is 6.83. The fourth-order valence-corrected chi connectivity index (χ4v) is 5.65. The zero-order chi connectivity index (χ0) is 17.1. The van der Waals surface area contributed by atoms with Crippen molar-refractivity contribution in [2.75, 3.05) is 18.4 Å². The van der Waals surface area contributed by atoms with Crippen LogP contribution in [0.15, 0.2) is 34.7 Å². The molecule has 2 aromatic rings. The van der Waals surface area contributed by atoms with Crippen molar-refractivity contribution in [3.05, 3.63) is 35.9 Å². The summed E-state index contributed by atoms with van der Waals surface area (Å²) in [5, 5.41) is 15.5. The zero-order valence-electron chi connectivity index (χ0n) is 14.0. The number of thioether (sulfide) groups is 1. The number of carbonyl (C=O) groups is 1. The summed E-state index contributed by atoms with van der Waals surface area (Å²) in [6.07, 6.45) is 4.50. The summed E-state index contributed by atoms with van der Waals surface area (Å²) in [7, 11) is 0. The molecular formula is C18H22N4OS2. The van der Waals surface area contributed by atoms with E-state index in [0.29, 0.717) is 11.0 Å². The topological polar surface area (TPSA) is 66.9 Å². The average molecular weight is 375 g/mol. The second kappa shape index (κ2) is 7.43. The number of nitrogens with one attached hydrogen (secondary N) is 2. The first kappa shape index (κ1) is 17.0. The molecule has 1 aromatic heterocycles. The average Bonchev–Trinajstić information content (AvgIpc) is 3.28. The van der Waals surface area contributed by atoms with Crippen LogP contribution < -0.4 is 10.6 Å². The molecule has 0 spiro atoms. The lowest BCUT2D eigenvalue weighted by atomic mass is 9.68. The van der Waals surface area contributed by atoms with E-state index in [1.165, 1.54) is 23.3 Å². The van der Waals surface area contributed by atoms with Crippen LogP contribution >= 0.6 is 23.1 Å². The van der Waals surface area contributed by atoms with Gasteiger partial charge in [0.2, 0.25) is 11.0 Å². The van der Waals surface area contributed by atoms with Crippen molar-refractivity contribution in [1.29, 1.82) is 0 Å². The van der Waals surface area contributed by atoms with Crippen molar-refractivity contribution in [2.24, 2.45) is 11.3 Å². The van der Waals surface area contributed by atoms with Gasteiger partial charge in [-0.3, -0.25) is 10.1 Å². The van der Waals surface area contributed by atoms with E-state index in [9.17, 15) is 4.79 Å². The van der Waals surface area contributed by atoms with E-state index in [0.717, 1.165) is 42.4 Å². The maximum Gasteiger partial charge on any atom is 0.234 e. The predicted molar refractivity (Wildman–Crippen MR) is 102 cm³/mol. The minimum Gasteiger partial charge on any atom is -0.315 e. The Bertz CT molecular complexity index is 736. The number of hydrogen-bond acceptors (Lipinski definition) is 6. The number of aromatic nitrogens is 2. The number of anilines is 1. The van der Waals surface area contributed by atoms with E-state index >= 15 is 0 Å². The third-order valence-corrected chi connectivity index (χ3v) is 7.37. The Morgan fingerprint density at radius 2 is 2.20 bits per heavy atom. The van der Waals surface area contributed by atoms with Gasteiger partial charge in [0.1, 0.15) is 0 Å². The molecule has 2 aliphatic rings.